The summed E-state index contributed by atoms with van der Waals surface area (Å²) in [4.78, 5) is 22.1. The van der Waals surface area contributed by atoms with Crippen molar-refractivity contribution < 1.29 is 22.7 Å². The fourth-order valence-corrected chi connectivity index (χ4v) is 2.60. The molecule has 2 aromatic rings. The lowest BCUT2D eigenvalue weighted by molar-refractivity contribution is 0.0656. The second-order valence-corrected chi connectivity index (χ2v) is 5.68. The first-order valence-corrected chi connectivity index (χ1v) is 7.38. The molecule has 0 aliphatic heterocycles. The third-order valence-electron chi connectivity index (χ3n) is 2.63. The van der Waals surface area contributed by atoms with Gasteiger partial charge in [0, 0.05) is 18.8 Å². The largest absolute Gasteiger partial charge is 0.475 e. The Morgan fingerprint density at radius 3 is 2.62 bits per heavy atom. The molecule has 21 heavy (non-hydrogen) atoms. The minimum atomic E-state index is -4.06. The standard InChI is InChI=1S/C12H12N2O6S/c1-2-14-7-8(3-5-10(14)15)13-21(18,19)11-6-4-9(20-11)12(16)17/h3-7,13H,2H2,1H3,(H,16,17). The quantitative estimate of drug-likeness (QED) is 0.848. The van der Waals surface area contributed by atoms with E-state index in [1.165, 1.54) is 22.9 Å². The maximum Gasteiger partial charge on any atom is 0.371 e. The second-order valence-electron chi connectivity index (χ2n) is 4.07. The van der Waals surface area contributed by atoms with Crippen LogP contribution in [0.3, 0.4) is 0 Å². The van der Waals surface area contributed by atoms with Crippen LogP contribution in [-0.4, -0.2) is 24.1 Å². The van der Waals surface area contributed by atoms with Crippen LogP contribution in [0.25, 0.3) is 0 Å². The van der Waals surface area contributed by atoms with Crippen LogP contribution in [0.1, 0.15) is 17.5 Å². The third-order valence-corrected chi connectivity index (χ3v) is 3.89. The van der Waals surface area contributed by atoms with Crippen LogP contribution in [0.5, 0.6) is 0 Å². The van der Waals surface area contributed by atoms with Crippen molar-refractivity contribution in [1.82, 2.24) is 4.57 Å². The average molecular weight is 312 g/mol. The van der Waals surface area contributed by atoms with Crippen LogP contribution in [0.15, 0.2) is 44.8 Å². The molecule has 0 amide bonds. The number of pyridine rings is 1. The van der Waals surface area contributed by atoms with Crippen molar-refractivity contribution in [2.45, 2.75) is 18.6 Å². The van der Waals surface area contributed by atoms with E-state index in [0.29, 0.717) is 6.54 Å². The van der Waals surface area contributed by atoms with E-state index in [9.17, 15) is 18.0 Å². The zero-order valence-corrected chi connectivity index (χ0v) is 11.8. The lowest BCUT2D eigenvalue weighted by Gasteiger charge is -2.08. The van der Waals surface area contributed by atoms with Crippen LogP contribution in [0, 0.1) is 0 Å². The minimum Gasteiger partial charge on any atom is -0.475 e. The molecule has 2 heterocycles. The number of rotatable bonds is 5. The van der Waals surface area contributed by atoms with Gasteiger partial charge in [0.25, 0.3) is 15.6 Å². The lowest BCUT2D eigenvalue weighted by atomic mass is 10.4. The number of carboxylic acids is 1. The van der Waals surface area contributed by atoms with Gasteiger partial charge in [-0.15, -0.1) is 0 Å². The van der Waals surface area contributed by atoms with Crippen LogP contribution >= 0.6 is 0 Å². The van der Waals surface area contributed by atoms with Crippen molar-refractivity contribution in [2.24, 2.45) is 0 Å². The highest BCUT2D eigenvalue weighted by Crippen LogP contribution is 2.17. The summed E-state index contributed by atoms with van der Waals surface area (Å²) in [5.74, 6) is -1.84. The Hall–Kier alpha value is -2.55. The summed E-state index contributed by atoms with van der Waals surface area (Å²) in [6.45, 7) is 2.13. The minimum absolute atomic E-state index is 0.171. The molecule has 8 nitrogen and oxygen atoms in total. The van der Waals surface area contributed by atoms with Crippen molar-refractivity contribution in [2.75, 3.05) is 4.72 Å². The summed E-state index contributed by atoms with van der Waals surface area (Å²) in [5, 5.41) is 8.19. The Labute approximate surface area is 119 Å². The fourth-order valence-electron chi connectivity index (χ4n) is 1.62. The van der Waals surface area contributed by atoms with Crippen LogP contribution in [0.4, 0.5) is 5.69 Å². The Morgan fingerprint density at radius 1 is 1.33 bits per heavy atom. The molecule has 0 fully saturated rings. The van der Waals surface area contributed by atoms with Crippen molar-refractivity contribution in [3.05, 3.63) is 46.6 Å². The Kier molecular flexibility index (Phi) is 3.85. The maximum atomic E-state index is 12.0. The van der Waals surface area contributed by atoms with Crippen LogP contribution in [-0.2, 0) is 16.6 Å². The molecule has 0 spiro atoms. The van der Waals surface area contributed by atoms with Gasteiger partial charge in [-0.05, 0) is 25.1 Å². The summed E-state index contributed by atoms with van der Waals surface area (Å²) >= 11 is 0. The molecule has 0 aliphatic carbocycles. The number of furan rings is 1. The van der Waals surface area contributed by atoms with Crippen molar-refractivity contribution in [1.29, 1.82) is 0 Å². The highest BCUT2D eigenvalue weighted by molar-refractivity contribution is 7.92. The first-order chi connectivity index (χ1) is 9.83. The molecule has 0 saturated carbocycles. The van der Waals surface area contributed by atoms with Crippen LogP contribution < -0.4 is 10.3 Å². The zero-order valence-electron chi connectivity index (χ0n) is 10.9. The number of aromatic nitrogens is 1. The summed E-state index contributed by atoms with van der Waals surface area (Å²) in [7, 11) is -4.06. The Bertz CT molecular complexity index is 833. The number of nitrogens with one attached hydrogen (secondary N) is 1. The van der Waals surface area contributed by atoms with E-state index < -0.39 is 26.8 Å². The molecule has 0 aromatic carbocycles. The van der Waals surface area contributed by atoms with Gasteiger partial charge in [-0.2, -0.15) is 8.42 Å². The monoisotopic (exact) mass is 312 g/mol. The Morgan fingerprint density at radius 2 is 2.05 bits per heavy atom. The van der Waals surface area contributed by atoms with E-state index in [-0.39, 0.29) is 11.2 Å². The molecule has 2 rings (SSSR count). The highest BCUT2D eigenvalue weighted by Gasteiger charge is 2.21. The lowest BCUT2D eigenvalue weighted by Crippen LogP contribution is -2.19. The van der Waals surface area contributed by atoms with Crippen LogP contribution in [0.2, 0.25) is 0 Å². The molecular weight excluding hydrogens is 300 g/mol. The van der Waals surface area contributed by atoms with E-state index >= 15 is 0 Å². The third kappa shape index (κ3) is 3.14. The van der Waals surface area contributed by atoms with Gasteiger partial charge in [0.2, 0.25) is 10.9 Å². The number of nitrogens with zero attached hydrogens (tertiary/aromatic N) is 1. The normalized spacial score (nSPS) is 11.3. The summed E-state index contributed by atoms with van der Waals surface area (Å²) < 4.78 is 32.4. The fraction of sp³-hybridized carbons (Fsp3) is 0.167. The first kappa shape index (κ1) is 14.9. The number of aromatic carboxylic acids is 1. The molecule has 0 atom stereocenters. The SMILES string of the molecule is CCn1cc(NS(=O)(=O)c2ccc(C(=O)O)o2)ccc1=O. The zero-order chi connectivity index (χ0) is 15.6. The number of carboxylic acid groups (broad SMARTS) is 1. The topological polar surface area (TPSA) is 119 Å². The molecule has 112 valence electrons. The molecular formula is C12H12N2O6S. The molecule has 0 aliphatic rings. The molecule has 0 bridgehead atoms. The van der Waals surface area contributed by atoms with Gasteiger partial charge in [0.15, 0.2) is 0 Å². The van der Waals surface area contributed by atoms with Gasteiger partial charge in [0.1, 0.15) is 0 Å². The van der Waals surface area contributed by atoms with Gasteiger partial charge < -0.3 is 14.1 Å². The summed E-state index contributed by atoms with van der Waals surface area (Å²) in [5.41, 5.74) is -0.0867. The van der Waals surface area contributed by atoms with Crippen molar-refractivity contribution >= 4 is 21.7 Å². The number of anilines is 1. The van der Waals surface area contributed by atoms with E-state index in [0.717, 1.165) is 12.1 Å². The number of hydrogen-bond acceptors (Lipinski definition) is 5. The highest BCUT2D eigenvalue weighted by atomic mass is 32.2. The first-order valence-electron chi connectivity index (χ1n) is 5.90. The van der Waals surface area contributed by atoms with Gasteiger partial charge >= 0.3 is 5.97 Å². The molecule has 9 heteroatoms. The molecule has 0 radical (unpaired) electrons. The summed E-state index contributed by atoms with van der Waals surface area (Å²) in [6.07, 6.45) is 1.35. The van der Waals surface area contributed by atoms with Crippen molar-refractivity contribution in [3.8, 4) is 0 Å². The number of aryl methyl sites for hydroxylation is 1. The number of sulfonamides is 1. The van der Waals surface area contributed by atoms with Gasteiger partial charge in [-0.25, -0.2) is 4.79 Å². The van der Waals surface area contributed by atoms with E-state index in [1.54, 1.807) is 6.92 Å². The predicted molar refractivity (Wildman–Crippen MR) is 72.9 cm³/mol. The number of carbonyl (C=O) groups is 1. The number of hydrogen-bond donors (Lipinski definition) is 2. The molecule has 2 aromatic heterocycles. The maximum absolute atomic E-state index is 12.0. The molecule has 2 N–H and O–H groups in total. The van der Waals surface area contributed by atoms with E-state index in [4.69, 9.17) is 9.52 Å². The van der Waals surface area contributed by atoms with E-state index in [1.807, 2.05) is 0 Å². The van der Waals surface area contributed by atoms with Gasteiger partial charge in [0.05, 0.1) is 5.69 Å². The predicted octanol–water partition coefficient (Wildman–Crippen LogP) is 0.960. The average Bonchev–Trinajstić information content (AvgIpc) is 2.91. The van der Waals surface area contributed by atoms with E-state index in [2.05, 4.69) is 4.72 Å². The van der Waals surface area contributed by atoms with Gasteiger partial charge in [-0.3, -0.25) is 9.52 Å². The van der Waals surface area contributed by atoms with Gasteiger partial charge in [-0.1, -0.05) is 0 Å². The molecule has 0 unspecified atom stereocenters. The second kappa shape index (κ2) is 5.44. The Balaban J connectivity index is 2.32. The smallest absolute Gasteiger partial charge is 0.371 e. The molecule has 0 saturated heterocycles. The van der Waals surface area contributed by atoms with Crippen molar-refractivity contribution in [3.63, 3.8) is 0 Å². The summed E-state index contributed by atoms with van der Waals surface area (Å²) in [6, 6.07) is 4.63.